The number of likely N-dealkylation sites (N-methyl/N-ethyl adjacent to an activating group) is 1. The summed E-state index contributed by atoms with van der Waals surface area (Å²) in [5.74, 6) is 0.713. The molecule has 0 unspecified atom stereocenters. The van der Waals surface area contributed by atoms with Gasteiger partial charge in [0.1, 0.15) is 6.04 Å². The Morgan fingerprint density at radius 2 is 1.83 bits per heavy atom. The number of aromatic nitrogens is 1. The first-order chi connectivity index (χ1) is 13.9. The molecule has 1 saturated heterocycles. The minimum absolute atomic E-state index is 0.00489. The summed E-state index contributed by atoms with van der Waals surface area (Å²) in [6, 6.07) is 10.9. The van der Waals surface area contributed by atoms with Crippen LogP contribution in [0.2, 0.25) is 0 Å². The first-order valence-corrected chi connectivity index (χ1v) is 10.2. The van der Waals surface area contributed by atoms with Gasteiger partial charge in [-0.2, -0.15) is 0 Å². The van der Waals surface area contributed by atoms with E-state index >= 15 is 0 Å². The average Bonchev–Trinajstić information content (AvgIpc) is 3.16. The summed E-state index contributed by atoms with van der Waals surface area (Å²) < 4.78 is 5.36. The van der Waals surface area contributed by atoms with E-state index in [-0.39, 0.29) is 18.2 Å². The Hall–Kier alpha value is -2.67. The molecule has 7 nitrogen and oxygen atoms in total. The van der Waals surface area contributed by atoms with Gasteiger partial charge >= 0.3 is 0 Å². The van der Waals surface area contributed by atoms with Crippen LogP contribution in [0.1, 0.15) is 26.0 Å². The molecule has 1 N–H and O–H groups in total. The maximum atomic E-state index is 13.0. The molecule has 29 heavy (non-hydrogen) atoms. The van der Waals surface area contributed by atoms with E-state index in [1.165, 1.54) is 0 Å². The number of hydrogen-bond donors (Lipinski definition) is 1. The van der Waals surface area contributed by atoms with Gasteiger partial charge in [-0.15, -0.1) is 0 Å². The topological polar surface area (TPSA) is 78.7 Å². The minimum Gasteiger partial charge on any atom is -0.356 e. The number of carbonyl (C=O) groups is 2. The largest absolute Gasteiger partial charge is 0.356 e. The van der Waals surface area contributed by atoms with Crippen LogP contribution in [-0.4, -0.2) is 66.0 Å². The van der Waals surface area contributed by atoms with Crippen molar-refractivity contribution < 1.29 is 14.1 Å². The van der Waals surface area contributed by atoms with Gasteiger partial charge in [0.25, 0.3) is 0 Å². The van der Waals surface area contributed by atoms with Crippen molar-refractivity contribution >= 4 is 11.8 Å². The molecule has 1 aliphatic rings. The number of piperazine rings is 1. The van der Waals surface area contributed by atoms with E-state index in [1.807, 2.05) is 35.2 Å². The molecule has 1 aromatic carbocycles. The summed E-state index contributed by atoms with van der Waals surface area (Å²) >= 11 is 0. The SMILES string of the molecule is CC(C)C[C@H](NC(=O)Cc1cc(-c2ccccc2)on1)C(=O)N1CCN(C)CC1. The molecule has 0 radical (unpaired) electrons. The highest BCUT2D eigenvalue weighted by Crippen LogP contribution is 2.20. The zero-order valence-electron chi connectivity index (χ0n) is 17.4. The van der Waals surface area contributed by atoms with Crippen molar-refractivity contribution in [3.05, 3.63) is 42.1 Å². The van der Waals surface area contributed by atoms with Gasteiger partial charge in [0.2, 0.25) is 11.8 Å². The summed E-state index contributed by atoms with van der Waals surface area (Å²) in [4.78, 5) is 29.7. The van der Waals surface area contributed by atoms with Crippen LogP contribution in [-0.2, 0) is 16.0 Å². The monoisotopic (exact) mass is 398 g/mol. The maximum absolute atomic E-state index is 13.0. The molecule has 2 heterocycles. The standard InChI is InChI=1S/C22H30N4O3/c1-16(2)13-19(22(28)26-11-9-25(3)10-12-26)23-21(27)15-18-14-20(29-24-18)17-7-5-4-6-8-17/h4-8,14,16,19H,9-13,15H2,1-3H3,(H,23,27)/t19-/m0/s1. The molecule has 2 amide bonds. The Bertz CT molecular complexity index is 810. The number of carbonyl (C=O) groups excluding carboxylic acids is 2. The van der Waals surface area contributed by atoms with Crippen molar-refractivity contribution in [2.24, 2.45) is 5.92 Å². The van der Waals surface area contributed by atoms with Crippen molar-refractivity contribution in [2.75, 3.05) is 33.2 Å². The van der Waals surface area contributed by atoms with Crippen LogP contribution in [0.5, 0.6) is 0 Å². The highest BCUT2D eigenvalue weighted by molar-refractivity contribution is 5.88. The van der Waals surface area contributed by atoms with Crippen LogP contribution in [0.3, 0.4) is 0 Å². The lowest BCUT2D eigenvalue weighted by Crippen LogP contribution is -2.54. The Morgan fingerprint density at radius 1 is 1.14 bits per heavy atom. The van der Waals surface area contributed by atoms with Crippen LogP contribution in [0.25, 0.3) is 11.3 Å². The predicted molar refractivity (Wildman–Crippen MR) is 111 cm³/mol. The van der Waals surface area contributed by atoms with E-state index in [0.29, 0.717) is 36.9 Å². The van der Waals surface area contributed by atoms with E-state index in [2.05, 4.69) is 36.3 Å². The lowest BCUT2D eigenvalue weighted by atomic mass is 10.0. The van der Waals surface area contributed by atoms with E-state index < -0.39 is 6.04 Å². The number of hydrogen-bond acceptors (Lipinski definition) is 5. The van der Waals surface area contributed by atoms with Gasteiger partial charge in [-0.25, -0.2) is 0 Å². The molecule has 3 rings (SSSR count). The van der Waals surface area contributed by atoms with Crippen LogP contribution in [0.15, 0.2) is 40.9 Å². The number of nitrogens with zero attached hydrogens (tertiary/aromatic N) is 3. The van der Waals surface area contributed by atoms with Gasteiger partial charge in [0.05, 0.1) is 12.1 Å². The third-order valence-corrected chi connectivity index (χ3v) is 5.11. The first-order valence-electron chi connectivity index (χ1n) is 10.2. The number of amides is 2. The first kappa shape index (κ1) is 21.0. The van der Waals surface area contributed by atoms with Gasteiger partial charge in [-0.05, 0) is 19.4 Å². The molecule has 0 saturated carbocycles. The fraction of sp³-hybridized carbons (Fsp3) is 0.500. The Balaban J connectivity index is 1.61. The van der Waals surface area contributed by atoms with Crippen LogP contribution < -0.4 is 5.32 Å². The van der Waals surface area contributed by atoms with Gasteiger partial charge in [0.15, 0.2) is 5.76 Å². The summed E-state index contributed by atoms with van der Waals surface area (Å²) in [6.45, 7) is 7.22. The van der Waals surface area contributed by atoms with Crippen molar-refractivity contribution in [2.45, 2.75) is 32.7 Å². The fourth-order valence-electron chi connectivity index (χ4n) is 3.48. The molecular weight excluding hydrogens is 368 g/mol. The highest BCUT2D eigenvalue weighted by atomic mass is 16.5. The lowest BCUT2D eigenvalue weighted by molar-refractivity contribution is -0.138. The molecule has 0 spiro atoms. The molecule has 156 valence electrons. The summed E-state index contributed by atoms with van der Waals surface area (Å²) in [5, 5.41) is 6.94. The summed E-state index contributed by atoms with van der Waals surface area (Å²) in [6.07, 6.45) is 0.700. The van der Waals surface area contributed by atoms with Crippen LogP contribution in [0.4, 0.5) is 0 Å². The molecule has 1 fully saturated rings. The second-order valence-corrected chi connectivity index (χ2v) is 8.10. The molecule has 2 aromatic rings. The van der Waals surface area contributed by atoms with E-state index in [0.717, 1.165) is 18.7 Å². The van der Waals surface area contributed by atoms with Crippen LogP contribution >= 0.6 is 0 Å². The highest BCUT2D eigenvalue weighted by Gasteiger charge is 2.28. The smallest absolute Gasteiger partial charge is 0.245 e. The van der Waals surface area contributed by atoms with Crippen molar-refractivity contribution in [1.29, 1.82) is 0 Å². The van der Waals surface area contributed by atoms with E-state index in [4.69, 9.17) is 4.52 Å². The number of benzene rings is 1. The third-order valence-electron chi connectivity index (χ3n) is 5.11. The molecule has 0 bridgehead atoms. The zero-order chi connectivity index (χ0) is 20.8. The van der Waals surface area contributed by atoms with Crippen LogP contribution in [0, 0.1) is 5.92 Å². The molecule has 1 aromatic heterocycles. The van der Waals surface area contributed by atoms with Crippen molar-refractivity contribution in [3.8, 4) is 11.3 Å². The molecule has 1 aliphatic heterocycles. The molecule has 1 atom stereocenters. The lowest BCUT2D eigenvalue weighted by Gasteiger charge is -2.35. The average molecular weight is 399 g/mol. The maximum Gasteiger partial charge on any atom is 0.245 e. The number of rotatable bonds is 7. The van der Waals surface area contributed by atoms with Crippen molar-refractivity contribution in [1.82, 2.24) is 20.3 Å². The van der Waals surface area contributed by atoms with Gasteiger partial charge < -0.3 is 19.6 Å². The molecule has 7 heteroatoms. The van der Waals surface area contributed by atoms with Gasteiger partial charge in [-0.1, -0.05) is 49.3 Å². The zero-order valence-corrected chi connectivity index (χ0v) is 17.4. The Kier molecular flexibility index (Phi) is 7.04. The summed E-state index contributed by atoms with van der Waals surface area (Å²) in [5.41, 5.74) is 1.46. The Morgan fingerprint density at radius 3 is 2.48 bits per heavy atom. The van der Waals surface area contributed by atoms with Crippen molar-refractivity contribution in [3.63, 3.8) is 0 Å². The fourth-order valence-corrected chi connectivity index (χ4v) is 3.48. The third kappa shape index (κ3) is 5.90. The van der Waals surface area contributed by atoms with Gasteiger partial charge in [-0.3, -0.25) is 9.59 Å². The minimum atomic E-state index is -0.508. The normalized spacial score (nSPS) is 16.1. The predicted octanol–water partition coefficient (Wildman–Crippen LogP) is 2.19. The second kappa shape index (κ2) is 9.69. The quantitative estimate of drug-likeness (QED) is 0.774. The van der Waals surface area contributed by atoms with E-state index in [1.54, 1.807) is 6.07 Å². The second-order valence-electron chi connectivity index (χ2n) is 8.10. The summed E-state index contributed by atoms with van der Waals surface area (Å²) in [7, 11) is 2.05. The molecular formula is C22H30N4O3. The van der Waals surface area contributed by atoms with E-state index in [9.17, 15) is 9.59 Å². The molecule has 0 aliphatic carbocycles. The van der Waals surface area contributed by atoms with Gasteiger partial charge in [0, 0.05) is 37.8 Å². The Labute approximate surface area is 172 Å². The number of nitrogens with one attached hydrogen (secondary N) is 1.